The van der Waals surface area contributed by atoms with Crippen molar-refractivity contribution in [1.29, 1.82) is 0 Å². The second kappa shape index (κ2) is 3.24. The highest BCUT2D eigenvalue weighted by molar-refractivity contribution is 5.85. The van der Waals surface area contributed by atoms with Gasteiger partial charge in [-0.15, -0.1) is 0 Å². The van der Waals surface area contributed by atoms with Crippen LogP contribution in [0, 0.1) is 5.92 Å². The van der Waals surface area contributed by atoms with Gasteiger partial charge in [0.2, 0.25) is 0 Å². The summed E-state index contributed by atoms with van der Waals surface area (Å²) in [6, 6.07) is 3.51. The van der Waals surface area contributed by atoms with Crippen LogP contribution in [0.1, 0.15) is 35.4 Å². The van der Waals surface area contributed by atoms with Crippen LogP contribution in [0.2, 0.25) is 0 Å². The van der Waals surface area contributed by atoms with E-state index in [2.05, 4.69) is 4.98 Å². The first-order valence-corrected chi connectivity index (χ1v) is 4.67. The van der Waals surface area contributed by atoms with E-state index in [9.17, 15) is 4.79 Å². The van der Waals surface area contributed by atoms with Gasteiger partial charge >= 0.3 is 5.97 Å². The number of hydrogen-bond acceptors (Lipinski definition) is 1. The summed E-state index contributed by atoms with van der Waals surface area (Å²) in [4.78, 5) is 13.5. The summed E-state index contributed by atoms with van der Waals surface area (Å²) in [5.74, 6) is -0.0971. The Morgan fingerprint density at radius 1 is 1.54 bits per heavy atom. The van der Waals surface area contributed by atoms with Crippen LogP contribution >= 0.6 is 0 Å². The fourth-order valence-electron chi connectivity index (χ4n) is 1.69. The topological polar surface area (TPSA) is 53.1 Å². The molecule has 1 aromatic heterocycles. The Kier molecular flexibility index (Phi) is 2.08. The Labute approximate surface area is 76.8 Å². The monoisotopic (exact) mass is 179 g/mol. The maximum atomic E-state index is 10.6. The van der Waals surface area contributed by atoms with Gasteiger partial charge in [-0.25, -0.2) is 4.79 Å². The minimum Gasteiger partial charge on any atom is -0.477 e. The number of nitrogens with one attached hydrogen (secondary N) is 1. The normalized spacial score (nSPS) is 16.9. The summed E-state index contributed by atoms with van der Waals surface area (Å²) in [5.41, 5.74) is 1.36. The lowest BCUT2D eigenvalue weighted by Crippen LogP contribution is -2.13. The molecule has 0 bridgehead atoms. The van der Waals surface area contributed by atoms with Gasteiger partial charge in [0.1, 0.15) is 5.69 Å². The van der Waals surface area contributed by atoms with Crippen molar-refractivity contribution in [3.05, 3.63) is 23.5 Å². The number of rotatable bonds is 3. The molecule has 2 rings (SSSR count). The molecule has 0 aliphatic heterocycles. The van der Waals surface area contributed by atoms with Gasteiger partial charge in [0.25, 0.3) is 0 Å². The standard InChI is InChI=1S/C10H13NO2/c12-10(13)9-5-4-8(11-9)6-7-2-1-3-7/h4-5,7,11H,1-3,6H2,(H,12,13). The first-order valence-electron chi connectivity index (χ1n) is 4.67. The van der Waals surface area contributed by atoms with Crippen LogP contribution in [0.3, 0.4) is 0 Å². The van der Waals surface area contributed by atoms with E-state index < -0.39 is 5.97 Å². The fourth-order valence-corrected chi connectivity index (χ4v) is 1.69. The third kappa shape index (κ3) is 1.74. The Morgan fingerprint density at radius 2 is 2.31 bits per heavy atom. The zero-order chi connectivity index (χ0) is 9.26. The number of carboxylic acid groups (broad SMARTS) is 1. The molecule has 0 aromatic carbocycles. The molecule has 1 saturated carbocycles. The number of H-pyrrole nitrogens is 1. The molecule has 13 heavy (non-hydrogen) atoms. The summed E-state index contributed by atoms with van der Waals surface area (Å²) >= 11 is 0. The van der Waals surface area contributed by atoms with Gasteiger partial charge in [0, 0.05) is 5.69 Å². The first-order chi connectivity index (χ1) is 6.25. The third-order valence-electron chi connectivity index (χ3n) is 2.71. The summed E-state index contributed by atoms with van der Waals surface area (Å²) < 4.78 is 0. The Bertz CT molecular complexity index is 312. The molecule has 1 fully saturated rings. The molecule has 1 aliphatic rings. The van der Waals surface area contributed by atoms with Gasteiger partial charge in [-0.1, -0.05) is 19.3 Å². The lowest BCUT2D eigenvalue weighted by molar-refractivity contribution is 0.0691. The molecular formula is C10H13NO2. The molecule has 3 heteroatoms. The molecule has 0 spiro atoms. The van der Waals surface area contributed by atoms with Crippen LogP contribution < -0.4 is 0 Å². The number of carboxylic acids is 1. The molecule has 70 valence electrons. The lowest BCUT2D eigenvalue weighted by atomic mass is 9.82. The Morgan fingerprint density at radius 3 is 2.77 bits per heavy atom. The van der Waals surface area contributed by atoms with Gasteiger partial charge < -0.3 is 10.1 Å². The van der Waals surface area contributed by atoms with E-state index in [1.165, 1.54) is 19.3 Å². The number of aromatic amines is 1. The fraction of sp³-hybridized carbons (Fsp3) is 0.500. The second-order valence-corrected chi connectivity index (χ2v) is 3.70. The molecule has 0 radical (unpaired) electrons. The molecule has 0 atom stereocenters. The second-order valence-electron chi connectivity index (χ2n) is 3.70. The molecule has 2 N–H and O–H groups in total. The summed E-state index contributed by atoms with van der Waals surface area (Å²) in [6.45, 7) is 0. The predicted molar refractivity (Wildman–Crippen MR) is 48.8 cm³/mol. The van der Waals surface area contributed by atoms with Crippen molar-refractivity contribution in [2.24, 2.45) is 5.92 Å². The largest absolute Gasteiger partial charge is 0.477 e. The first kappa shape index (κ1) is 8.35. The number of hydrogen-bond donors (Lipinski definition) is 2. The SMILES string of the molecule is O=C(O)c1ccc(CC2CCC2)[nH]1. The van der Waals surface area contributed by atoms with Gasteiger partial charge in [-0.05, 0) is 24.5 Å². The average Bonchev–Trinajstić information content (AvgIpc) is 2.44. The molecule has 1 aliphatic carbocycles. The lowest BCUT2D eigenvalue weighted by Gasteiger charge is -2.24. The van der Waals surface area contributed by atoms with Gasteiger partial charge in [-0.3, -0.25) is 0 Å². The van der Waals surface area contributed by atoms with E-state index in [4.69, 9.17) is 5.11 Å². The van der Waals surface area contributed by atoms with E-state index in [1.54, 1.807) is 6.07 Å². The Balaban J connectivity index is 2.00. The van der Waals surface area contributed by atoms with Crippen molar-refractivity contribution in [1.82, 2.24) is 4.98 Å². The number of carbonyl (C=O) groups is 1. The van der Waals surface area contributed by atoms with Crippen LogP contribution in [0.25, 0.3) is 0 Å². The van der Waals surface area contributed by atoms with Crippen LogP contribution in [0.15, 0.2) is 12.1 Å². The van der Waals surface area contributed by atoms with Crippen molar-refractivity contribution < 1.29 is 9.90 Å². The molecular weight excluding hydrogens is 166 g/mol. The van der Waals surface area contributed by atoms with E-state index >= 15 is 0 Å². The molecule has 3 nitrogen and oxygen atoms in total. The zero-order valence-electron chi connectivity index (χ0n) is 7.42. The summed E-state index contributed by atoms with van der Waals surface area (Å²) in [7, 11) is 0. The summed E-state index contributed by atoms with van der Waals surface area (Å²) in [6.07, 6.45) is 4.92. The van der Waals surface area contributed by atoms with E-state index in [0.717, 1.165) is 18.0 Å². The minimum absolute atomic E-state index is 0.300. The van der Waals surface area contributed by atoms with E-state index in [1.807, 2.05) is 6.07 Å². The number of aromatic carboxylic acids is 1. The van der Waals surface area contributed by atoms with Crippen molar-refractivity contribution in [2.45, 2.75) is 25.7 Å². The van der Waals surface area contributed by atoms with Crippen molar-refractivity contribution in [2.75, 3.05) is 0 Å². The number of aromatic nitrogens is 1. The van der Waals surface area contributed by atoms with Crippen LogP contribution in [-0.4, -0.2) is 16.1 Å². The average molecular weight is 179 g/mol. The highest BCUT2D eigenvalue weighted by Gasteiger charge is 2.18. The van der Waals surface area contributed by atoms with Crippen LogP contribution in [0.5, 0.6) is 0 Å². The quantitative estimate of drug-likeness (QED) is 0.746. The van der Waals surface area contributed by atoms with Crippen molar-refractivity contribution in [3.63, 3.8) is 0 Å². The smallest absolute Gasteiger partial charge is 0.352 e. The third-order valence-corrected chi connectivity index (χ3v) is 2.71. The van der Waals surface area contributed by atoms with E-state index in [0.29, 0.717) is 5.69 Å². The molecule has 0 amide bonds. The van der Waals surface area contributed by atoms with Gasteiger partial charge in [0.05, 0.1) is 0 Å². The van der Waals surface area contributed by atoms with Crippen LogP contribution in [0.4, 0.5) is 0 Å². The maximum absolute atomic E-state index is 10.6. The van der Waals surface area contributed by atoms with Gasteiger partial charge in [0.15, 0.2) is 0 Å². The van der Waals surface area contributed by atoms with E-state index in [-0.39, 0.29) is 0 Å². The minimum atomic E-state index is -0.875. The predicted octanol–water partition coefficient (Wildman–Crippen LogP) is 2.06. The summed E-state index contributed by atoms with van der Waals surface area (Å²) in [5, 5.41) is 8.67. The zero-order valence-corrected chi connectivity index (χ0v) is 7.42. The van der Waals surface area contributed by atoms with Crippen LogP contribution in [-0.2, 0) is 6.42 Å². The highest BCUT2D eigenvalue weighted by atomic mass is 16.4. The van der Waals surface area contributed by atoms with Crippen molar-refractivity contribution >= 4 is 5.97 Å². The Hall–Kier alpha value is -1.25. The molecule has 1 heterocycles. The van der Waals surface area contributed by atoms with Gasteiger partial charge in [-0.2, -0.15) is 0 Å². The molecule has 0 unspecified atom stereocenters. The van der Waals surface area contributed by atoms with Crippen molar-refractivity contribution in [3.8, 4) is 0 Å². The molecule has 0 saturated heterocycles. The maximum Gasteiger partial charge on any atom is 0.352 e. The highest BCUT2D eigenvalue weighted by Crippen LogP contribution is 2.29. The molecule has 1 aromatic rings.